The number of ether oxygens (including phenoxy) is 4. The van der Waals surface area contributed by atoms with Crippen LogP contribution in [0.25, 0.3) is 10.2 Å². The third-order valence-electron chi connectivity index (χ3n) is 5.21. The van der Waals surface area contributed by atoms with Crippen LogP contribution in [0, 0.1) is 5.82 Å². The fourth-order valence-electron chi connectivity index (χ4n) is 3.38. The fraction of sp³-hybridized carbons (Fsp3) is 0.364. The monoisotopic (exact) mass is 507 g/mol. The highest BCUT2D eigenvalue weighted by molar-refractivity contribution is 7.16. The SMILES string of the molecule is COc1cc(CNC(=O)c2nc3scc(COC[C@@H]4CO[C@@H](C(=O)O)CO4)c3c(=O)[nH]2)ccc1F. The van der Waals surface area contributed by atoms with Gasteiger partial charge in [-0.3, -0.25) is 9.59 Å². The lowest BCUT2D eigenvalue weighted by molar-refractivity contribution is -0.181. The maximum atomic E-state index is 13.5. The molecule has 35 heavy (non-hydrogen) atoms. The smallest absolute Gasteiger partial charge is 0.335 e. The van der Waals surface area contributed by atoms with Crippen molar-refractivity contribution in [1.29, 1.82) is 0 Å². The molecule has 1 aliphatic rings. The Morgan fingerprint density at radius 2 is 2.17 bits per heavy atom. The quantitative estimate of drug-likeness (QED) is 0.391. The van der Waals surface area contributed by atoms with E-state index in [-0.39, 0.29) is 44.5 Å². The highest BCUT2D eigenvalue weighted by Crippen LogP contribution is 2.22. The number of halogens is 1. The first kappa shape index (κ1) is 24.7. The summed E-state index contributed by atoms with van der Waals surface area (Å²) >= 11 is 1.20. The number of hydrogen-bond donors (Lipinski definition) is 3. The van der Waals surface area contributed by atoms with Crippen LogP contribution < -0.4 is 15.6 Å². The van der Waals surface area contributed by atoms with Gasteiger partial charge in [-0.25, -0.2) is 14.2 Å². The second-order valence-electron chi connectivity index (χ2n) is 7.64. The molecule has 1 amide bonds. The van der Waals surface area contributed by atoms with Gasteiger partial charge in [-0.05, 0) is 23.1 Å². The minimum Gasteiger partial charge on any atom is -0.494 e. The van der Waals surface area contributed by atoms with Gasteiger partial charge in [0.2, 0.25) is 5.82 Å². The van der Waals surface area contributed by atoms with Crippen LogP contribution in [-0.4, -0.2) is 66.1 Å². The summed E-state index contributed by atoms with van der Waals surface area (Å²) < 4.78 is 34.7. The van der Waals surface area contributed by atoms with E-state index < -0.39 is 35.5 Å². The molecule has 0 bridgehead atoms. The summed E-state index contributed by atoms with van der Waals surface area (Å²) in [7, 11) is 1.35. The number of fused-ring (bicyclic) bond motifs is 1. The van der Waals surface area contributed by atoms with Gasteiger partial charge < -0.3 is 34.4 Å². The molecular formula is C22H22FN3O8S. The largest absolute Gasteiger partial charge is 0.494 e. The Morgan fingerprint density at radius 1 is 1.34 bits per heavy atom. The summed E-state index contributed by atoms with van der Waals surface area (Å²) in [5.41, 5.74) is 0.732. The van der Waals surface area contributed by atoms with E-state index in [1.807, 2.05) is 0 Å². The van der Waals surface area contributed by atoms with Crippen LogP contribution in [0.3, 0.4) is 0 Å². The molecular weight excluding hydrogens is 485 g/mol. The lowest BCUT2D eigenvalue weighted by Gasteiger charge is -2.27. The van der Waals surface area contributed by atoms with Crippen molar-refractivity contribution in [1.82, 2.24) is 15.3 Å². The van der Waals surface area contributed by atoms with Crippen molar-refractivity contribution in [3.8, 4) is 5.75 Å². The van der Waals surface area contributed by atoms with Gasteiger partial charge >= 0.3 is 5.97 Å². The van der Waals surface area contributed by atoms with Crippen molar-refractivity contribution in [2.24, 2.45) is 0 Å². The first-order valence-electron chi connectivity index (χ1n) is 10.5. The molecule has 1 aliphatic heterocycles. The lowest BCUT2D eigenvalue weighted by Crippen LogP contribution is -2.42. The molecule has 0 saturated carbocycles. The molecule has 11 nitrogen and oxygen atoms in total. The van der Waals surface area contributed by atoms with E-state index in [0.29, 0.717) is 21.3 Å². The lowest BCUT2D eigenvalue weighted by atomic mass is 10.2. The van der Waals surface area contributed by atoms with E-state index in [1.165, 1.54) is 36.6 Å². The Bertz CT molecular complexity index is 1290. The Balaban J connectivity index is 1.35. The van der Waals surface area contributed by atoms with Gasteiger partial charge in [0.15, 0.2) is 17.7 Å². The zero-order valence-corrected chi connectivity index (χ0v) is 19.4. The average Bonchev–Trinajstić information content (AvgIpc) is 3.27. The molecule has 2 aromatic heterocycles. The standard InChI is InChI=1S/C22H22FN3O8S/c1-31-15-4-11(2-3-14(15)23)5-24-20(28)18-25-19(27)17-12(10-35-21(17)26-18)6-32-7-13-8-34-16(9-33-13)22(29)30/h2-4,10,13,16H,5-9H2,1H3,(H,24,28)(H,29,30)(H,25,26,27)/t13-,16-/m1/s1. The number of aromatic amines is 1. The molecule has 1 saturated heterocycles. The summed E-state index contributed by atoms with van der Waals surface area (Å²) in [5, 5.41) is 13.6. The number of carboxylic acid groups (broad SMARTS) is 1. The van der Waals surface area contributed by atoms with Gasteiger partial charge in [-0.1, -0.05) is 6.07 Å². The summed E-state index contributed by atoms with van der Waals surface area (Å²) in [5.74, 6) is -2.27. The third kappa shape index (κ3) is 5.82. The number of H-pyrrole nitrogens is 1. The summed E-state index contributed by atoms with van der Waals surface area (Å²) in [6.07, 6.45) is -1.40. The zero-order chi connectivity index (χ0) is 24.9. The molecule has 3 heterocycles. The van der Waals surface area contributed by atoms with Gasteiger partial charge in [0.25, 0.3) is 11.5 Å². The first-order valence-corrected chi connectivity index (χ1v) is 11.4. The van der Waals surface area contributed by atoms with E-state index in [0.717, 1.165) is 0 Å². The van der Waals surface area contributed by atoms with Crippen LogP contribution in [0.15, 0.2) is 28.4 Å². The van der Waals surface area contributed by atoms with Gasteiger partial charge in [0.1, 0.15) is 10.9 Å². The van der Waals surface area contributed by atoms with Crippen molar-refractivity contribution in [2.45, 2.75) is 25.4 Å². The number of nitrogens with zero attached hydrogens (tertiary/aromatic N) is 1. The average molecular weight is 507 g/mol. The van der Waals surface area contributed by atoms with Gasteiger partial charge in [-0.2, -0.15) is 0 Å². The van der Waals surface area contributed by atoms with Gasteiger partial charge in [-0.15, -0.1) is 11.3 Å². The zero-order valence-electron chi connectivity index (χ0n) is 18.5. The molecule has 186 valence electrons. The Hall–Kier alpha value is -3.39. The second-order valence-corrected chi connectivity index (χ2v) is 8.50. The number of methoxy groups -OCH3 is 1. The minimum atomic E-state index is -1.08. The molecule has 3 N–H and O–H groups in total. The molecule has 2 atom stereocenters. The summed E-state index contributed by atoms with van der Waals surface area (Å²) in [4.78, 5) is 43.2. The van der Waals surface area contributed by atoms with Gasteiger partial charge in [0.05, 0.1) is 38.9 Å². The molecule has 0 aliphatic carbocycles. The number of aromatic nitrogens is 2. The van der Waals surface area contributed by atoms with Crippen LogP contribution in [0.1, 0.15) is 21.7 Å². The predicted octanol–water partition coefficient (Wildman–Crippen LogP) is 1.45. The molecule has 0 radical (unpaired) electrons. The minimum absolute atomic E-state index is 0.0602. The Kier molecular flexibility index (Phi) is 7.70. The summed E-state index contributed by atoms with van der Waals surface area (Å²) in [6.45, 7) is 0.371. The Morgan fingerprint density at radius 3 is 2.89 bits per heavy atom. The van der Waals surface area contributed by atoms with Crippen molar-refractivity contribution < 1.29 is 38.0 Å². The second kappa shape index (κ2) is 10.9. The molecule has 1 fully saturated rings. The van der Waals surface area contributed by atoms with Crippen molar-refractivity contribution >= 4 is 33.4 Å². The maximum absolute atomic E-state index is 13.5. The highest BCUT2D eigenvalue weighted by atomic mass is 32.1. The van der Waals surface area contributed by atoms with E-state index >= 15 is 0 Å². The normalized spacial score (nSPS) is 17.9. The van der Waals surface area contributed by atoms with E-state index in [9.17, 15) is 18.8 Å². The number of rotatable bonds is 9. The van der Waals surface area contributed by atoms with E-state index in [4.69, 9.17) is 24.1 Å². The Labute approximate surface area is 201 Å². The van der Waals surface area contributed by atoms with Crippen molar-refractivity contribution in [3.63, 3.8) is 0 Å². The fourth-order valence-corrected chi connectivity index (χ4v) is 4.31. The van der Waals surface area contributed by atoms with E-state index in [1.54, 1.807) is 5.38 Å². The van der Waals surface area contributed by atoms with Gasteiger partial charge in [0, 0.05) is 12.1 Å². The number of carbonyl (C=O) groups excluding carboxylic acids is 1. The molecule has 1 aromatic carbocycles. The number of carboxylic acids is 1. The van der Waals surface area contributed by atoms with Crippen LogP contribution in [0.5, 0.6) is 5.75 Å². The topological polar surface area (TPSA) is 149 Å². The molecule has 0 spiro atoms. The van der Waals surface area contributed by atoms with Crippen LogP contribution in [0.4, 0.5) is 4.39 Å². The molecule has 0 unspecified atom stereocenters. The highest BCUT2D eigenvalue weighted by Gasteiger charge is 2.27. The van der Waals surface area contributed by atoms with Crippen LogP contribution in [0.2, 0.25) is 0 Å². The number of hydrogen-bond acceptors (Lipinski definition) is 9. The van der Waals surface area contributed by atoms with Crippen molar-refractivity contribution in [2.75, 3.05) is 26.9 Å². The number of amides is 1. The molecule has 4 rings (SSSR count). The maximum Gasteiger partial charge on any atom is 0.335 e. The van der Waals surface area contributed by atoms with Crippen LogP contribution in [-0.2, 0) is 32.2 Å². The van der Waals surface area contributed by atoms with E-state index in [2.05, 4.69) is 15.3 Å². The number of benzene rings is 1. The number of nitrogens with one attached hydrogen (secondary N) is 2. The number of carbonyl (C=O) groups is 2. The molecule has 3 aromatic rings. The summed E-state index contributed by atoms with van der Waals surface area (Å²) in [6, 6.07) is 4.22. The first-order chi connectivity index (χ1) is 16.9. The van der Waals surface area contributed by atoms with Crippen molar-refractivity contribution in [3.05, 3.63) is 56.7 Å². The number of aliphatic carboxylic acids is 1. The predicted molar refractivity (Wildman–Crippen MR) is 121 cm³/mol. The third-order valence-corrected chi connectivity index (χ3v) is 6.13. The number of thiophene rings is 1. The molecule has 13 heteroatoms. The van der Waals surface area contributed by atoms with Crippen LogP contribution >= 0.6 is 11.3 Å².